The van der Waals surface area contributed by atoms with Gasteiger partial charge in [0, 0.05) is 16.1 Å². The Morgan fingerprint density at radius 1 is 1.04 bits per heavy atom. The number of carbonyl (C=O) groups is 1. The molecule has 4 aromatic rings. The lowest BCUT2D eigenvalue weighted by Crippen LogP contribution is -2.26. The highest BCUT2D eigenvalue weighted by molar-refractivity contribution is 6.31. The number of aromatic amines is 1. The van der Waals surface area contributed by atoms with E-state index in [1.807, 2.05) is 79.7 Å². The summed E-state index contributed by atoms with van der Waals surface area (Å²) in [5, 5.41) is 3.69. The SMILES string of the molecule is C[C@H](NC(=O)c1ccc(-c2nc3ccc(Cl)cc3[nH]2)cc1)c1ccccc1. The van der Waals surface area contributed by atoms with Gasteiger partial charge in [0.05, 0.1) is 17.1 Å². The molecule has 4 rings (SSSR count). The maximum atomic E-state index is 12.5. The highest BCUT2D eigenvalue weighted by Crippen LogP contribution is 2.23. The van der Waals surface area contributed by atoms with Gasteiger partial charge in [0.15, 0.2) is 0 Å². The molecule has 0 aliphatic heterocycles. The van der Waals surface area contributed by atoms with E-state index in [1.54, 1.807) is 0 Å². The molecule has 1 heterocycles. The van der Waals surface area contributed by atoms with Crippen molar-refractivity contribution in [2.45, 2.75) is 13.0 Å². The van der Waals surface area contributed by atoms with Gasteiger partial charge in [-0.25, -0.2) is 4.98 Å². The molecule has 5 heteroatoms. The Morgan fingerprint density at radius 3 is 2.52 bits per heavy atom. The molecule has 3 aromatic carbocycles. The molecule has 0 fully saturated rings. The average molecular weight is 376 g/mol. The summed E-state index contributed by atoms with van der Waals surface area (Å²) in [6.45, 7) is 1.97. The summed E-state index contributed by atoms with van der Waals surface area (Å²) in [6, 6.07) is 22.8. The van der Waals surface area contributed by atoms with Gasteiger partial charge in [-0.1, -0.05) is 54.1 Å². The van der Waals surface area contributed by atoms with E-state index in [9.17, 15) is 4.79 Å². The molecule has 2 N–H and O–H groups in total. The van der Waals surface area contributed by atoms with E-state index >= 15 is 0 Å². The predicted octanol–water partition coefficient (Wildman–Crippen LogP) is 5.37. The van der Waals surface area contributed by atoms with Crippen molar-refractivity contribution in [1.29, 1.82) is 0 Å². The summed E-state index contributed by atoms with van der Waals surface area (Å²) < 4.78 is 0. The Morgan fingerprint density at radius 2 is 1.78 bits per heavy atom. The van der Waals surface area contributed by atoms with Crippen LogP contribution < -0.4 is 5.32 Å². The number of imidazole rings is 1. The minimum Gasteiger partial charge on any atom is -0.346 e. The van der Waals surface area contributed by atoms with Crippen molar-refractivity contribution >= 4 is 28.5 Å². The predicted molar refractivity (Wildman–Crippen MR) is 109 cm³/mol. The summed E-state index contributed by atoms with van der Waals surface area (Å²) in [5.74, 6) is 0.645. The average Bonchev–Trinajstić information content (AvgIpc) is 3.12. The molecule has 27 heavy (non-hydrogen) atoms. The summed E-state index contributed by atoms with van der Waals surface area (Å²) >= 11 is 6.02. The number of nitrogens with zero attached hydrogens (tertiary/aromatic N) is 1. The number of aromatic nitrogens is 2. The normalized spacial score (nSPS) is 12.1. The van der Waals surface area contributed by atoms with Crippen LogP contribution in [0.15, 0.2) is 72.8 Å². The van der Waals surface area contributed by atoms with E-state index in [2.05, 4.69) is 15.3 Å². The Kier molecular flexibility index (Phi) is 4.65. The molecule has 0 bridgehead atoms. The quantitative estimate of drug-likeness (QED) is 0.503. The van der Waals surface area contributed by atoms with E-state index in [-0.39, 0.29) is 11.9 Å². The Bertz CT molecular complexity index is 1090. The fourth-order valence-electron chi connectivity index (χ4n) is 3.00. The first kappa shape index (κ1) is 17.3. The fraction of sp³-hybridized carbons (Fsp3) is 0.0909. The zero-order valence-electron chi connectivity index (χ0n) is 14.7. The Labute approximate surface area is 162 Å². The van der Waals surface area contributed by atoms with Crippen LogP contribution in [-0.2, 0) is 0 Å². The number of amides is 1. The second-order valence-corrected chi connectivity index (χ2v) is 6.87. The second-order valence-electron chi connectivity index (χ2n) is 6.43. The number of H-pyrrole nitrogens is 1. The van der Waals surface area contributed by atoms with Crippen molar-refractivity contribution < 1.29 is 4.79 Å². The zero-order chi connectivity index (χ0) is 18.8. The molecule has 0 aliphatic carbocycles. The van der Waals surface area contributed by atoms with Gasteiger partial charge in [0.25, 0.3) is 5.91 Å². The summed E-state index contributed by atoms with van der Waals surface area (Å²) in [6.07, 6.45) is 0. The third-order valence-electron chi connectivity index (χ3n) is 4.51. The summed E-state index contributed by atoms with van der Waals surface area (Å²) in [5.41, 5.74) is 4.34. The maximum Gasteiger partial charge on any atom is 0.251 e. The second kappa shape index (κ2) is 7.25. The van der Waals surface area contributed by atoms with Crippen LogP contribution in [0.3, 0.4) is 0 Å². The van der Waals surface area contributed by atoms with Crippen LogP contribution in [0.5, 0.6) is 0 Å². The number of fused-ring (bicyclic) bond motifs is 1. The Hall–Kier alpha value is -3.11. The van der Waals surface area contributed by atoms with E-state index in [1.165, 1.54) is 0 Å². The lowest BCUT2D eigenvalue weighted by atomic mass is 10.1. The van der Waals surface area contributed by atoms with Gasteiger partial charge in [0.1, 0.15) is 5.82 Å². The molecule has 0 saturated carbocycles. The van der Waals surface area contributed by atoms with Crippen molar-refractivity contribution in [3.63, 3.8) is 0 Å². The molecule has 0 aliphatic rings. The molecule has 0 unspecified atom stereocenters. The highest BCUT2D eigenvalue weighted by atomic mass is 35.5. The maximum absolute atomic E-state index is 12.5. The number of nitrogens with one attached hydrogen (secondary N) is 2. The Balaban J connectivity index is 1.51. The van der Waals surface area contributed by atoms with E-state index in [4.69, 9.17) is 11.6 Å². The third kappa shape index (κ3) is 3.71. The molecule has 134 valence electrons. The van der Waals surface area contributed by atoms with Crippen molar-refractivity contribution in [2.24, 2.45) is 0 Å². The van der Waals surface area contributed by atoms with Gasteiger partial charge < -0.3 is 10.3 Å². The van der Waals surface area contributed by atoms with Gasteiger partial charge in [-0.15, -0.1) is 0 Å². The smallest absolute Gasteiger partial charge is 0.251 e. The minimum atomic E-state index is -0.103. The van der Waals surface area contributed by atoms with Gasteiger partial charge in [-0.05, 0) is 42.8 Å². The molecule has 4 nitrogen and oxygen atoms in total. The lowest BCUT2D eigenvalue weighted by Gasteiger charge is -2.14. The third-order valence-corrected chi connectivity index (χ3v) is 4.75. The number of hydrogen-bond acceptors (Lipinski definition) is 2. The van der Waals surface area contributed by atoms with Gasteiger partial charge in [-0.3, -0.25) is 4.79 Å². The molecule has 1 aromatic heterocycles. The topological polar surface area (TPSA) is 57.8 Å². The zero-order valence-corrected chi connectivity index (χ0v) is 15.5. The van der Waals surface area contributed by atoms with Crippen LogP contribution in [0.2, 0.25) is 5.02 Å². The van der Waals surface area contributed by atoms with Crippen LogP contribution >= 0.6 is 11.6 Å². The molecular formula is C22H18ClN3O. The van der Waals surface area contributed by atoms with Crippen molar-refractivity contribution in [2.75, 3.05) is 0 Å². The summed E-state index contributed by atoms with van der Waals surface area (Å²) in [4.78, 5) is 20.3. The highest BCUT2D eigenvalue weighted by Gasteiger charge is 2.12. The summed E-state index contributed by atoms with van der Waals surface area (Å²) in [7, 11) is 0. The van der Waals surface area contributed by atoms with Crippen molar-refractivity contribution in [3.05, 3.63) is 88.9 Å². The first-order chi connectivity index (χ1) is 13.1. The van der Waals surface area contributed by atoms with Crippen LogP contribution in [0, 0.1) is 0 Å². The van der Waals surface area contributed by atoms with Crippen LogP contribution in [-0.4, -0.2) is 15.9 Å². The molecule has 0 radical (unpaired) electrons. The number of carbonyl (C=O) groups excluding carboxylic acids is 1. The largest absolute Gasteiger partial charge is 0.346 e. The molecule has 1 atom stereocenters. The van der Waals surface area contributed by atoms with Crippen LogP contribution in [0.25, 0.3) is 22.4 Å². The molecular weight excluding hydrogens is 358 g/mol. The minimum absolute atomic E-state index is 0.0569. The first-order valence-electron chi connectivity index (χ1n) is 8.72. The van der Waals surface area contributed by atoms with Gasteiger partial charge >= 0.3 is 0 Å². The van der Waals surface area contributed by atoms with Gasteiger partial charge in [-0.2, -0.15) is 0 Å². The van der Waals surface area contributed by atoms with Gasteiger partial charge in [0.2, 0.25) is 0 Å². The first-order valence-corrected chi connectivity index (χ1v) is 9.09. The van der Waals surface area contributed by atoms with Crippen LogP contribution in [0.1, 0.15) is 28.9 Å². The van der Waals surface area contributed by atoms with Crippen molar-refractivity contribution in [1.82, 2.24) is 15.3 Å². The molecule has 1 amide bonds. The number of benzene rings is 3. The fourth-order valence-corrected chi connectivity index (χ4v) is 3.18. The standard InChI is InChI=1S/C22H18ClN3O/c1-14(15-5-3-2-4-6-15)24-22(27)17-9-7-16(8-10-17)21-25-19-12-11-18(23)13-20(19)26-21/h2-14H,1H3,(H,24,27)(H,25,26)/t14-/m0/s1. The number of halogens is 1. The van der Waals surface area contributed by atoms with E-state index in [0.717, 1.165) is 28.0 Å². The molecule has 0 spiro atoms. The van der Waals surface area contributed by atoms with Crippen LogP contribution in [0.4, 0.5) is 0 Å². The van der Waals surface area contributed by atoms with Crippen molar-refractivity contribution in [3.8, 4) is 11.4 Å². The monoisotopic (exact) mass is 375 g/mol. The number of hydrogen-bond donors (Lipinski definition) is 2. The van der Waals surface area contributed by atoms with E-state index < -0.39 is 0 Å². The van der Waals surface area contributed by atoms with E-state index in [0.29, 0.717) is 10.6 Å². The lowest BCUT2D eigenvalue weighted by molar-refractivity contribution is 0.0940. The molecule has 0 saturated heterocycles. The number of rotatable bonds is 4.